The molecule has 206 valence electrons. The van der Waals surface area contributed by atoms with Gasteiger partial charge in [-0.25, -0.2) is 9.11 Å². The van der Waals surface area contributed by atoms with Gasteiger partial charge in [0.1, 0.15) is 42.7 Å². The summed E-state index contributed by atoms with van der Waals surface area (Å²) in [6.45, 7) is -2.05. The van der Waals surface area contributed by atoms with Crippen molar-refractivity contribution in [1.29, 1.82) is 0 Å². The summed E-state index contributed by atoms with van der Waals surface area (Å²) in [4.78, 5) is 48.9. The minimum Gasteiger partial charge on any atom is -0.756 e. The van der Waals surface area contributed by atoms with Crippen molar-refractivity contribution in [3.63, 3.8) is 0 Å². The first-order valence-electron chi connectivity index (χ1n) is 9.96. The van der Waals surface area contributed by atoms with Gasteiger partial charge >= 0.3 is 64.8 Å². The van der Waals surface area contributed by atoms with Gasteiger partial charge < -0.3 is 54.4 Å². The Morgan fingerprint density at radius 2 is 1.53 bits per heavy atom. The van der Waals surface area contributed by atoms with Crippen molar-refractivity contribution in [1.82, 2.24) is 9.55 Å². The SMILES string of the molecule is O=c1ccn(C2OC(COP(=O)([O-])OP(=O)([O-])OC3OC(CO)C(O)C(O)C3O)C(O)C2O)c(=O)[nH]1.[Na+].[Na+]. The zero-order valence-corrected chi connectivity index (χ0v) is 25.6. The molecule has 0 saturated carbocycles. The number of hydrogen-bond acceptors (Lipinski definition) is 17. The predicted octanol–water partition coefficient (Wildman–Crippen LogP) is -12.0. The summed E-state index contributed by atoms with van der Waals surface area (Å²) in [5.41, 5.74) is -1.78. The third-order valence-electron chi connectivity index (χ3n) is 5.14. The van der Waals surface area contributed by atoms with Crippen LogP contribution >= 0.6 is 15.6 Å². The Morgan fingerprint density at radius 1 is 0.921 bits per heavy atom. The molecule has 0 spiro atoms. The summed E-state index contributed by atoms with van der Waals surface area (Å²) in [5, 5.41) is 58.4. The van der Waals surface area contributed by atoms with Crippen LogP contribution in [0.15, 0.2) is 21.9 Å². The summed E-state index contributed by atoms with van der Waals surface area (Å²) >= 11 is 0. The van der Waals surface area contributed by atoms with Crippen molar-refractivity contribution in [2.75, 3.05) is 13.2 Å². The third kappa shape index (κ3) is 8.81. The maximum atomic E-state index is 12.0. The molecule has 38 heavy (non-hydrogen) atoms. The van der Waals surface area contributed by atoms with E-state index >= 15 is 0 Å². The van der Waals surface area contributed by atoms with Crippen molar-refractivity contribution in [2.45, 2.75) is 55.2 Å². The van der Waals surface area contributed by atoms with Gasteiger partial charge in [0.05, 0.1) is 13.2 Å². The summed E-state index contributed by atoms with van der Waals surface area (Å²) in [6.07, 6.45) is -15.8. The topological polar surface area (TPSA) is 303 Å². The Morgan fingerprint density at radius 3 is 2.11 bits per heavy atom. The Hall–Kier alpha value is 0.620. The molecular formula is C15H22N2Na2O17P2. The molecule has 3 heterocycles. The molecule has 0 bridgehead atoms. The average molecular weight is 610 g/mol. The van der Waals surface area contributed by atoms with Crippen LogP contribution in [0.2, 0.25) is 0 Å². The zero-order valence-electron chi connectivity index (χ0n) is 19.8. The fraction of sp³-hybridized carbons (Fsp3) is 0.733. The molecule has 7 N–H and O–H groups in total. The van der Waals surface area contributed by atoms with Crippen LogP contribution in [0.5, 0.6) is 0 Å². The van der Waals surface area contributed by atoms with Crippen molar-refractivity contribution in [3.8, 4) is 0 Å². The van der Waals surface area contributed by atoms with E-state index in [9.17, 15) is 54.0 Å². The van der Waals surface area contributed by atoms with Gasteiger partial charge in [-0.1, -0.05) is 0 Å². The van der Waals surface area contributed by atoms with Crippen LogP contribution < -0.4 is 80.2 Å². The number of H-pyrrole nitrogens is 1. The van der Waals surface area contributed by atoms with Crippen LogP contribution in [-0.2, 0) is 32.0 Å². The van der Waals surface area contributed by atoms with Crippen LogP contribution in [0.4, 0.5) is 0 Å². The molecular weight excluding hydrogens is 588 g/mol. The average Bonchev–Trinajstić information content (AvgIpc) is 3.06. The quantitative estimate of drug-likeness (QED) is 0.101. The number of rotatable bonds is 9. The van der Waals surface area contributed by atoms with Gasteiger partial charge in [0.15, 0.2) is 12.5 Å². The van der Waals surface area contributed by atoms with E-state index in [1.54, 1.807) is 0 Å². The van der Waals surface area contributed by atoms with Crippen molar-refractivity contribution in [3.05, 3.63) is 33.1 Å². The van der Waals surface area contributed by atoms with Crippen LogP contribution in [-0.4, -0.2) is 102 Å². The maximum Gasteiger partial charge on any atom is 1.00 e. The van der Waals surface area contributed by atoms with Gasteiger partial charge in [0, 0.05) is 12.3 Å². The number of aromatic amines is 1. The smallest absolute Gasteiger partial charge is 0.756 e. The molecule has 2 fully saturated rings. The van der Waals surface area contributed by atoms with Crippen LogP contribution in [0.1, 0.15) is 6.23 Å². The number of nitrogens with zero attached hydrogens (tertiary/aromatic N) is 1. The number of aliphatic hydroxyl groups excluding tert-OH is 6. The number of phosphoric ester groups is 2. The summed E-state index contributed by atoms with van der Waals surface area (Å²) < 4.78 is 47.1. The van der Waals surface area contributed by atoms with Gasteiger partial charge in [0.2, 0.25) is 0 Å². The molecule has 1 aromatic heterocycles. The Bertz CT molecular complexity index is 1140. The van der Waals surface area contributed by atoms with E-state index in [0.717, 1.165) is 12.3 Å². The fourth-order valence-electron chi connectivity index (χ4n) is 3.34. The summed E-state index contributed by atoms with van der Waals surface area (Å²) in [7, 11) is -11.7. The molecule has 11 unspecified atom stereocenters. The molecule has 0 amide bonds. The number of aliphatic hydroxyl groups is 6. The number of phosphoric acid groups is 2. The first-order chi connectivity index (χ1) is 16.7. The minimum atomic E-state index is -5.90. The van der Waals surface area contributed by atoms with E-state index in [-0.39, 0.29) is 59.1 Å². The van der Waals surface area contributed by atoms with E-state index in [0.29, 0.717) is 4.57 Å². The molecule has 3 rings (SSSR count). The van der Waals surface area contributed by atoms with Gasteiger partial charge in [-0.05, 0) is 0 Å². The second-order valence-corrected chi connectivity index (χ2v) is 10.5. The van der Waals surface area contributed by atoms with Crippen molar-refractivity contribution in [2.24, 2.45) is 0 Å². The largest absolute Gasteiger partial charge is 1.00 e. The fourth-order valence-corrected chi connectivity index (χ4v) is 5.42. The van der Waals surface area contributed by atoms with E-state index in [1.165, 1.54) is 0 Å². The van der Waals surface area contributed by atoms with Gasteiger partial charge in [-0.3, -0.25) is 28.0 Å². The van der Waals surface area contributed by atoms with E-state index in [2.05, 4.69) is 13.4 Å². The molecule has 23 heteroatoms. The molecule has 0 aromatic carbocycles. The minimum absolute atomic E-state index is 0. The van der Waals surface area contributed by atoms with E-state index in [1.807, 2.05) is 4.98 Å². The molecule has 0 radical (unpaired) electrons. The second kappa shape index (κ2) is 14.7. The number of hydrogen-bond donors (Lipinski definition) is 7. The standard InChI is InChI=1S/C15H24N2O17P2.2Na/c18-3-5-8(20)10(22)12(24)14(32-5)33-36(28,29)34-35(26,27)30-4-6-9(21)11(23)13(31-6)17-2-1-7(19)16-15(17)25;;/h1-2,5-6,8-14,18,20-24H,3-4H2,(H,26,27)(H,28,29)(H,16,19,25);;/q;2*+1/p-2. The zero-order chi connectivity index (χ0) is 27.0. The van der Waals surface area contributed by atoms with Crippen molar-refractivity contribution < 1.29 is 132 Å². The number of aromatic nitrogens is 2. The van der Waals surface area contributed by atoms with Gasteiger partial charge in [-0.2, -0.15) is 0 Å². The number of nitrogens with one attached hydrogen (secondary N) is 1. The van der Waals surface area contributed by atoms with Crippen molar-refractivity contribution >= 4 is 15.6 Å². The maximum absolute atomic E-state index is 12.0. The summed E-state index contributed by atoms with van der Waals surface area (Å²) in [5.74, 6) is 0. The molecule has 19 nitrogen and oxygen atoms in total. The molecule has 2 aliphatic rings. The van der Waals surface area contributed by atoms with Crippen LogP contribution in [0.25, 0.3) is 0 Å². The predicted molar refractivity (Wildman–Crippen MR) is 104 cm³/mol. The molecule has 2 saturated heterocycles. The Balaban J connectivity index is 0.00000361. The third-order valence-corrected chi connectivity index (χ3v) is 7.67. The number of ether oxygens (including phenoxy) is 2. The van der Waals surface area contributed by atoms with E-state index < -0.39 is 95.4 Å². The van der Waals surface area contributed by atoms with Gasteiger partial charge in [0.25, 0.3) is 21.2 Å². The normalized spacial score (nSPS) is 36.4. The van der Waals surface area contributed by atoms with Gasteiger partial charge in [-0.15, -0.1) is 0 Å². The monoisotopic (exact) mass is 610 g/mol. The Labute approximate surface area is 256 Å². The molecule has 2 aliphatic heterocycles. The molecule has 11 atom stereocenters. The molecule has 1 aromatic rings. The first kappa shape index (κ1) is 36.6. The van der Waals surface area contributed by atoms with Crippen LogP contribution in [0.3, 0.4) is 0 Å². The summed E-state index contributed by atoms with van der Waals surface area (Å²) in [6, 6.07) is 0.911. The first-order valence-corrected chi connectivity index (χ1v) is 12.9. The van der Waals surface area contributed by atoms with Crippen LogP contribution in [0, 0.1) is 0 Å². The Kier molecular flexibility index (Phi) is 14.2. The van der Waals surface area contributed by atoms with E-state index in [4.69, 9.17) is 14.6 Å². The molecule has 0 aliphatic carbocycles. The second-order valence-electron chi connectivity index (χ2n) is 7.64.